The predicted octanol–water partition coefficient (Wildman–Crippen LogP) is 0.466. The van der Waals surface area contributed by atoms with Crippen molar-refractivity contribution in [3.63, 3.8) is 0 Å². The Morgan fingerprint density at radius 2 is 2.47 bits per heavy atom. The molecular formula is C11H19N3O. The van der Waals surface area contributed by atoms with Crippen LogP contribution in [0.4, 0.5) is 0 Å². The van der Waals surface area contributed by atoms with Gasteiger partial charge in [-0.3, -0.25) is 4.68 Å². The molecule has 1 aliphatic rings. The highest BCUT2D eigenvalue weighted by atomic mass is 16.3. The standard InChI is InChI=1S/C11H19N3O/c1-14-8-6-9(13-14)5-7-12-10-3-2-4-11(10)15/h6,8,10-12,15H,2-5,7H2,1H3/t10-,11-/m0/s1. The predicted molar refractivity (Wildman–Crippen MR) is 58.6 cm³/mol. The summed E-state index contributed by atoms with van der Waals surface area (Å²) >= 11 is 0. The van der Waals surface area contributed by atoms with Gasteiger partial charge in [-0.25, -0.2) is 0 Å². The molecule has 1 aliphatic carbocycles. The maximum atomic E-state index is 9.61. The molecule has 0 amide bonds. The van der Waals surface area contributed by atoms with E-state index in [0.717, 1.165) is 37.9 Å². The molecule has 1 fully saturated rings. The van der Waals surface area contributed by atoms with Crippen LogP contribution in [0.25, 0.3) is 0 Å². The highest BCUT2D eigenvalue weighted by molar-refractivity contribution is 4.99. The summed E-state index contributed by atoms with van der Waals surface area (Å²) < 4.78 is 1.82. The minimum atomic E-state index is -0.145. The number of rotatable bonds is 4. The fourth-order valence-electron chi connectivity index (χ4n) is 2.16. The van der Waals surface area contributed by atoms with E-state index in [1.807, 2.05) is 24.0 Å². The Bertz CT molecular complexity index is 311. The summed E-state index contributed by atoms with van der Waals surface area (Å²) in [5.41, 5.74) is 1.11. The number of nitrogens with one attached hydrogen (secondary N) is 1. The van der Waals surface area contributed by atoms with Crippen molar-refractivity contribution < 1.29 is 5.11 Å². The number of aromatic nitrogens is 2. The van der Waals surface area contributed by atoms with Crippen molar-refractivity contribution in [1.82, 2.24) is 15.1 Å². The summed E-state index contributed by atoms with van der Waals surface area (Å²) in [4.78, 5) is 0. The third-order valence-electron chi connectivity index (χ3n) is 3.04. The van der Waals surface area contributed by atoms with Crippen LogP contribution < -0.4 is 5.32 Å². The van der Waals surface area contributed by atoms with E-state index >= 15 is 0 Å². The van der Waals surface area contributed by atoms with Gasteiger partial charge in [-0.05, 0) is 25.3 Å². The van der Waals surface area contributed by atoms with E-state index in [9.17, 15) is 5.11 Å². The van der Waals surface area contributed by atoms with E-state index < -0.39 is 0 Å². The van der Waals surface area contributed by atoms with Crippen LogP contribution in [0.1, 0.15) is 25.0 Å². The number of aryl methyl sites for hydroxylation is 1. The van der Waals surface area contributed by atoms with Gasteiger partial charge in [0.2, 0.25) is 0 Å². The van der Waals surface area contributed by atoms with Crippen molar-refractivity contribution in [1.29, 1.82) is 0 Å². The van der Waals surface area contributed by atoms with Crippen LogP contribution in [-0.2, 0) is 13.5 Å². The van der Waals surface area contributed by atoms with Crippen molar-refractivity contribution in [3.8, 4) is 0 Å². The van der Waals surface area contributed by atoms with Gasteiger partial charge in [0.1, 0.15) is 0 Å². The Hall–Kier alpha value is -0.870. The van der Waals surface area contributed by atoms with Gasteiger partial charge >= 0.3 is 0 Å². The SMILES string of the molecule is Cn1ccc(CCN[C@H]2CCC[C@@H]2O)n1. The van der Waals surface area contributed by atoms with Crippen molar-refractivity contribution in [2.45, 2.75) is 37.8 Å². The van der Waals surface area contributed by atoms with Crippen molar-refractivity contribution in [2.24, 2.45) is 7.05 Å². The van der Waals surface area contributed by atoms with Crippen molar-refractivity contribution in [3.05, 3.63) is 18.0 Å². The van der Waals surface area contributed by atoms with E-state index in [2.05, 4.69) is 10.4 Å². The van der Waals surface area contributed by atoms with Gasteiger partial charge in [-0.15, -0.1) is 0 Å². The molecule has 1 heterocycles. The monoisotopic (exact) mass is 209 g/mol. The summed E-state index contributed by atoms with van der Waals surface area (Å²) in [6.45, 7) is 0.902. The first kappa shape index (κ1) is 10.6. The minimum Gasteiger partial charge on any atom is -0.392 e. The zero-order chi connectivity index (χ0) is 10.7. The fraction of sp³-hybridized carbons (Fsp3) is 0.727. The van der Waals surface area contributed by atoms with Crippen molar-refractivity contribution >= 4 is 0 Å². The lowest BCUT2D eigenvalue weighted by Gasteiger charge is -2.15. The van der Waals surface area contributed by atoms with Gasteiger partial charge in [0.05, 0.1) is 11.8 Å². The highest BCUT2D eigenvalue weighted by Gasteiger charge is 2.23. The van der Waals surface area contributed by atoms with Crippen LogP contribution in [0.15, 0.2) is 12.3 Å². The first-order chi connectivity index (χ1) is 7.25. The van der Waals surface area contributed by atoms with Crippen LogP contribution in [-0.4, -0.2) is 33.6 Å². The number of aliphatic hydroxyl groups excluding tert-OH is 1. The molecule has 1 aromatic rings. The quantitative estimate of drug-likeness (QED) is 0.757. The van der Waals surface area contributed by atoms with E-state index in [1.165, 1.54) is 0 Å². The lowest BCUT2D eigenvalue weighted by atomic mass is 10.2. The molecule has 0 aromatic carbocycles. The maximum absolute atomic E-state index is 9.61. The molecule has 0 bridgehead atoms. The van der Waals surface area contributed by atoms with E-state index in [0.29, 0.717) is 6.04 Å². The van der Waals surface area contributed by atoms with E-state index in [4.69, 9.17) is 0 Å². The maximum Gasteiger partial charge on any atom is 0.0693 e. The van der Waals surface area contributed by atoms with Gasteiger partial charge < -0.3 is 10.4 Å². The van der Waals surface area contributed by atoms with Crippen LogP contribution in [0.2, 0.25) is 0 Å². The summed E-state index contributed by atoms with van der Waals surface area (Å²) in [5.74, 6) is 0. The van der Waals surface area contributed by atoms with Gasteiger partial charge in [0.15, 0.2) is 0 Å². The third-order valence-corrected chi connectivity index (χ3v) is 3.04. The largest absolute Gasteiger partial charge is 0.392 e. The van der Waals surface area contributed by atoms with Crippen LogP contribution >= 0.6 is 0 Å². The van der Waals surface area contributed by atoms with Crippen LogP contribution in [0.3, 0.4) is 0 Å². The Morgan fingerprint density at radius 1 is 1.60 bits per heavy atom. The summed E-state index contributed by atoms with van der Waals surface area (Å²) in [6.07, 6.45) is 5.94. The molecule has 1 aromatic heterocycles. The molecule has 0 unspecified atom stereocenters. The molecular weight excluding hydrogens is 190 g/mol. The van der Waals surface area contributed by atoms with Crippen molar-refractivity contribution in [2.75, 3.05) is 6.54 Å². The third kappa shape index (κ3) is 2.79. The molecule has 2 rings (SSSR count). The number of hydrogen-bond donors (Lipinski definition) is 2. The lowest BCUT2D eigenvalue weighted by Crippen LogP contribution is -2.36. The second-order valence-corrected chi connectivity index (χ2v) is 4.29. The normalized spacial score (nSPS) is 26.0. The Morgan fingerprint density at radius 3 is 3.07 bits per heavy atom. The molecule has 2 N–H and O–H groups in total. The molecule has 0 radical (unpaired) electrons. The molecule has 84 valence electrons. The molecule has 2 atom stereocenters. The first-order valence-corrected chi connectivity index (χ1v) is 5.65. The molecule has 0 spiro atoms. The van der Waals surface area contributed by atoms with Gasteiger partial charge in [0, 0.05) is 32.3 Å². The highest BCUT2D eigenvalue weighted by Crippen LogP contribution is 2.18. The van der Waals surface area contributed by atoms with E-state index in [1.54, 1.807) is 0 Å². The smallest absolute Gasteiger partial charge is 0.0693 e. The van der Waals surface area contributed by atoms with Gasteiger partial charge in [-0.1, -0.05) is 0 Å². The number of nitrogens with zero attached hydrogens (tertiary/aromatic N) is 2. The second-order valence-electron chi connectivity index (χ2n) is 4.29. The second kappa shape index (κ2) is 4.77. The topological polar surface area (TPSA) is 50.1 Å². The molecule has 0 saturated heterocycles. The van der Waals surface area contributed by atoms with Gasteiger partial charge in [0.25, 0.3) is 0 Å². The summed E-state index contributed by atoms with van der Waals surface area (Å²) in [5, 5.41) is 17.3. The molecule has 1 saturated carbocycles. The average molecular weight is 209 g/mol. The lowest BCUT2D eigenvalue weighted by molar-refractivity contribution is 0.149. The number of hydrogen-bond acceptors (Lipinski definition) is 3. The van der Waals surface area contributed by atoms with Crippen LogP contribution in [0.5, 0.6) is 0 Å². The Balaban J connectivity index is 1.70. The first-order valence-electron chi connectivity index (χ1n) is 5.65. The zero-order valence-electron chi connectivity index (χ0n) is 9.19. The van der Waals surface area contributed by atoms with E-state index in [-0.39, 0.29) is 6.10 Å². The minimum absolute atomic E-state index is 0.145. The summed E-state index contributed by atoms with van der Waals surface area (Å²) in [6, 6.07) is 2.33. The molecule has 0 aliphatic heterocycles. The number of aliphatic hydroxyl groups is 1. The fourth-order valence-corrected chi connectivity index (χ4v) is 2.16. The molecule has 4 nitrogen and oxygen atoms in total. The van der Waals surface area contributed by atoms with Gasteiger partial charge in [-0.2, -0.15) is 5.10 Å². The average Bonchev–Trinajstić information content (AvgIpc) is 2.77. The van der Waals surface area contributed by atoms with Crippen LogP contribution in [0, 0.1) is 0 Å². The molecule has 15 heavy (non-hydrogen) atoms. The molecule has 4 heteroatoms. The Kier molecular flexibility index (Phi) is 3.38. The summed E-state index contributed by atoms with van der Waals surface area (Å²) in [7, 11) is 1.93. The Labute approximate surface area is 90.3 Å². The zero-order valence-corrected chi connectivity index (χ0v) is 9.19.